The fraction of sp³-hybridized carbons (Fsp3) is 0.350. The van der Waals surface area contributed by atoms with Gasteiger partial charge in [0.05, 0.1) is 12.1 Å². The molecule has 0 bridgehead atoms. The van der Waals surface area contributed by atoms with Crippen LogP contribution in [0.15, 0.2) is 36.4 Å². The van der Waals surface area contributed by atoms with Crippen molar-refractivity contribution in [2.75, 3.05) is 11.4 Å². The largest absolute Gasteiger partial charge is 0.573 e. The molecule has 1 heterocycles. The van der Waals surface area contributed by atoms with E-state index in [9.17, 15) is 22.4 Å². The number of rotatable bonds is 5. The number of benzene rings is 2. The summed E-state index contributed by atoms with van der Waals surface area (Å²) in [5, 5.41) is 8.94. The van der Waals surface area contributed by atoms with Gasteiger partial charge in [-0.15, -0.1) is 13.2 Å². The van der Waals surface area contributed by atoms with Gasteiger partial charge in [-0.25, -0.2) is 4.39 Å². The molecule has 1 aliphatic heterocycles. The molecule has 3 rings (SSSR count). The summed E-state index contributed by atoms with van der Waals surface area (Å²) in [4.78, 5) is 12.6. The Morgan fingerprint density at radius 2 is 1.96 bits per heavy atom. The predicted molar refractivity (Wildman–Crippen MR) is 94.9 cm³/mol. The molecule has 1 unspecified atom stereocenters. The number of hydrogen-bond donors (Lipinski definition) is 1. The van der Waals surface area contributed by atoms with E-state index in [1.165, 1.54) is 0 Å². The molecule has 0 aliphatic carbocycles. The quantitative estimate of drug-likeness (QED) is 0.732. The summed E-state index contributed by atoms with van der Waals surface area (Å²) in [6, 6.07) is 8.62. The van der Waals surface area contributed by atoms with Gasteiger partial charge in [-0.1, -0.05) is 25.1 Å². The average Bonchev–Trinajstić information content (AvgIpc) is 2.60. The third-order valence-electron chi connectivity index (χ3n) is 4.78. The SMILES string of the molecule is CC(CC(=O)O)c1ccc2c(c1)CCN(c1cc(OC(F)(F)F)ccc1F)C2. The molecule has 0 amide bonds. The van der Waals surface area contributed by atoms with E-state index in [2.05, 4.69) is 4.74 Å². The van der Waals surface area contributed by atoms with E-state index < -0.39 is 23.9 Å². The van der Waals surface area contributed by atoms with E-state index in [4.69, 9.17) is 5.11 Å². The van der Waals surface area contributed by atoms with Crippen LogP contribution in [0.1, 0.15) is 36.0 Å². The average molecular weight is 397 g/mol. The van der Waals surface area contributed by atoms with Crippen molar-refractivity contribution in [2.45, 2.75) is 38.6 Å². The van der Waals surface area contributed by atoms with Crippen LogP contribution in [0.2, 0.25) is 0 Å². The van der Waals surface area contributed by atoms with Crippen molar-refractivity contribution in [3.8, 4) is 5.75 Å². The monoisotopic (exact) mass is 397 g/mol. The lowest BCUT2D eigenvalue weighted by Gasteiger charge is -2.31. The van der Waals surface area contributed by atoms with Gasteiger partial charge in [-0.3, -0.25) is 4.79 Å². The van der Waals surface area contributed by atoms with E-state index in [1.54, 1.807) is 4.90 Å². The fourth-order valence-corrected chi connectivity index (χ4v) is 3.40. The van der Waals surface area contributed by atoms with Crippen LogP contribution >= 0.6 is 0 Å². The van der Waals surface area contributed by atoms with Gasteiger partial charge in [0.15, 0.2) is 0 Å². The Kier molecular flexibility index (Phi) is 5.49. The lowest BCUT2D eigenvalue weighted by atomic mass is 9.91. The minimum atomic E-state index is -4.84. The number of fused-ring (bicyclic) bond motifs is 1. The third kappa shape index (κ3) is 4.74. The van der Waals surface area contributed by atoms with Crippen molar-refractivity contribution in [1.82, 2.24) is 0 Å². The summed E-state index contributed by atoms with van der Waals surface area (Å²) < 4.78 is 55.4. The molecule has 0 saturated heterocycles. The van der Waals surface area contributed by atoms with Gasteiger partial charge in [0, 0.05) is 19.2 Å². The second-order valence-electron chi connectivity index (χ2n) is 6.86. The number of aliphatic carboxylic acids is 1. The molecule has 1 N–H and O–H groups in total. The van der Waals surface area contributed by atoms with Crippen LogP contribution in [0.3, 0.4) is 0 Å². The maximum atomic E-state index is 14.2. The van der Waals surface area contributed by atoms with E-state index in [0.717, 1.165) is 34.9 Å². The van der Waals surface area contributed by atoms with E-state index in [-0.39, 0.29) is 18.0 Å². The van der Waals surface area contributed by atoms with Crippen LogP contribution in [0.4, 0.5) is 23.2 Å². The van der Waals surface area contributed by atoms with Crippen molar-refractivity contribution in [3.05, 3.63) is 58.9 Å². The Morgan fingerprint density at radius 3 is 2.64 bits per heavy atom. The van der Waals surface area contributed by atoms with E-state index in [0.29, 0.717) is 19.5 Å². The first-order chi connectivity index (χ1) is 13.1. The van der Waals surface area contributed by atoms with Crippen molar-refractivity contribution < 1.29 is 32.2 Å². The van der Waals surface area contributed by atoms with Crippen LogP contribution in [0.25, 0.3) is 0 Å². The molecule has 2 aromatic rings. The first-order valence-corrected chi connectivity index (χ1v) is 8.76. The molecule has 8 heteroatoms. The Morgan fingerprint density at radius 1 is 1.21 bits per heavy atom. The van der Waals surface area contributed by atoms with E-state index in [1.807, 2.05) is 25.1 Å². The maximum Gasteiger partial charge on any atom is 0.573 e. The molecule has 0 aromatic heterocycles. The van der Waals surface area contributed by atoms with Gasteiger partial charge < -0.3 is 14.7 Å². The van der Waals surface area contributed by atoms with Gasteiger partial charge in [-0.05, 0) is 41.2 Å². The Balaban J connectivity index is 1.80. The second kappa shape index (κ2) is 7.69. The lowest BCUT2D eigenvalue weighted by Crippen LogP contribution is -2.31. The van der Waals surface area contributed by atoms with Gasteiger partial charge >= 0.3 is 12.3 Å². The highest BCUT2D eigenvalue weighted by atomic mass is 19.4. The lowest BCUT2D eigenvalue weighted by molar-refractivity contribution is -0.274. The van der Waals surface area contributed by atoms with Crippen molar-refractivity contribution in [3.63, 3.8) is 0 Å². The number of ether oxygens (including phenoxy) is 1. The number of carbonyl (C=O) groups is 1. The van der Waals surface area contributed by atoms with Crippen LogP contribution in [-0.2, 0) is 17.8 Å². The highest BCUT2D eigenvalue weighted by Crippen LogP contribution is 2.33. The summed E-state index contributed by atoms with van der Waals surface area (Å²) in [6.07, 6.45) is -4.23. The van der Waals surface area contributed by atoms with Gasteiger partial charge in [-0.2, -0.15) is 0 Å². The molecular weight excluding hydrogens is 378 g/mol. The number of carboxylic acids is 1. The van der Waals surface area contributed by atoms with E-state index >= 15 is 0 Å². The Labute approximate surface area is 159 Å². The smallest absolute Gasteiger partial charge is 0.481 e. The fourth-order valence-electron chi connectivity index (χ4n) is 3.40. The van der Waals surface area contributed by atoms with Gasteiger partial charge in [0.2, 0.25) is 0 Å². The standard InChI is InChI=1S/C20H19F4NO3/c1-12(8-19(26)27)13-2-3-15-11-25(7-6-14(15)9-13)18-10-16(4-5-17(18)21)28-20(22,23)24/h2-5,9-10,12H,6-8,11H2,1H3,(H,26,27). The normalized spacial score (nSPS) is 15.1. The minimum Gasteiger partial charge on any atom is -0.481 e. The highest BCUT2D eigenvalue weighted by Gasteiger charge is 2.31. The topological polar surface area (TPSA) is 49.8 Å². The van der Waals surface area contributed by atoms with Crippen LogP contribution in [-0.4, -0.2) is 24.0 Å². The molecule has 1 aliphatic rings. The number of anilines is 1. The molecular formula is C20H19F4NO3. The Hall–Kier alpha value is -2.77. The molecule has 0 saturated carbocycles. The first kappa shape index (κ1) is 20.0. The molecule has 2 aromatic carbocycles. The van der Waals surface area contributed by atoms with Gasteiger partial charge in [0.1, 0.15) is 11.6 Å². The van der Waals surface area contributed by atoms with Crippen LogP contribution in [0, 0.1) is 5.82 Å². The summed E-state index contributed by atoms with van der Waals surface area (Å²) in [5.41, 5.74) is 2.94. The number of hydrogen-bond acceptors (Lipinski definition) is 3. The second-order valence-corrected chi connectivity index (χ2v) is 6.86. The van der Waals surface area contributed by atoms with Crippen LogP contribution < -0.4 is 9.64 Å². The summed E-state index contributed by atoms with van der Waals surface area (Å²) >= 11 is 0. The molecule has 0 radical (unpaired) electrons. The summed E-state index contributed by atoms with van der Waals surface area (Å²) in [7, 11) is 0. The number of halogens is 4. The molecule has 150 valence electrons. The van der Waals surface area contributed by atoms with Gasteiger partial charge in [0.25, 0.3) is 0 Å². The zero-order valence-corrected chi connectivity index (χ0v) is 15.1. The maximum absolute atomic E-state index is 14.2. The third-order valence-corrected chi connectivity index (χ3v) is 4.78. The first-order valence-electron chi connectivity index (χ1n) is 8.76. The zero-order chi connectivity index (χ0) is 20.5. The summed E-state index contributed by atoms with van der Waals surface area (Å²) in [6.45, 7) is 2.61. The molecule has 4 nitrogen and oxygen atoms in total. The number of nitrogens with zero attached hydrogens (tertiary/aromatic N) is 1. The van der Waals surface area contributed by atoms with Crippen LogP contribution in [0.5, 0.6) is 5.75 Å². The highest BCUT2D eigenvalue weighted by molar-refractivity contribution is 5.68. The molecule has 1 atom stereocenters. The molecule has 28 heavy (non-hydrogen) atoms. The Bertz CT molecular complexity index is 882. The summed E-state index contributed by atoms with van der Waals surface area (Å²) in [5.74, 6) is -2.08. The van der Waals surface area contributed by atoms with Crippen molar-refractivity contribution in [2.24, 2.45) is 0 Å². The number of carboxylic acid groups (broad SMARTS) is 1. The predicted octanol–water partition coefficient (Wildman–Crippen LogP) is 4.87. The van der Waals surface area contributed by atoms with Crippen molar-refractivity contribution in [1.29, 1.82) is 0 Å². The minimum absolute atomic E-state index is 0.0299. The zero-order valence-electron chi connectivity index (χ0n) is 15.1. The number of alkyl halides is 3. The molecule has 0 fully saturated rings. The van der Waals surface area contributed by atoms with Crippen molar-refractivity contribution >= 4 is 11.7 Å². The molecule has 0 spiro atoms.